The van der Waals surface area contributed by atoms with Crippen LogP contribution in [-0.2, 0) is 23.5 Å². The topological polar surface area (TPSA) is 0 Å². The number of rotatable bonds is 0. The molecule has 0 N–H and O–H groups in total. The van der Waals surface area contributed by atoms with Gasteiger partial charge in [0.1, 0.15) is 0 Å². The third kappa shape index (κ3) is 4.60. The summed E-state index contributed by atoms with van der Waals surface area (Å²) in [5.74, 6) is 0. The molecule has 5 rings (SSSR count). The van der Waals surface area contributed by atoms with Crippen LogP contribution in [-0.4, -0.2) is 0 Å². The van der Waals surface area contributed by atoms with Gasteiger partial charge in [-0.3, -0.25) is 0 Å². The van der Waals surface area contributed by atoms with E-state index in [1.54, 1.807) is 0 Å². The normalized spacial score (nSPS) is 10.6. The first-order valence-corrected chi connectivity index (χ1v) is 12.3. The molecule has 0 atom stereocenters. The summed E-state index contributed by atoms with van der Waals surface area (Å²) in [6.45, 7) is 0. The maximum Gasteiger partial charge on any atom is -0.0253 e. The SMILES string of the molecule is [Cl][Ti][Cl].[c-]1cccc2c1Cc1ccccc1-2.c1ccc2[cH-]ccc2c1. The second-order valence-electron chi connectivity index (χ2n) is 5.62. The third-order valence-electron chi connectivity index (χ3n) is 4.16. The average Bonchev–Trinajstić information content (AvgIpc) is 3.27. The van der Waals surface area contributed by atoms with Gasteiger partial charge in [0.25, 0.3) is 0 Å². The fourth-order valence-electron chi connectivity index (χ4n) is 3.07. The molecule has 0 heterocycles. The molecule has 0 fully saturated rings. The van der Waals surface area contributed by atoms with Crippen LogP contribution in [0.5, 0.6) is 0 Å². The monoisotopic (exact) mass is 398 g/mol. The van der Waals surface area contributed by atoms with E-state index < -0.39 is 17.0 Å². The van der Waals surface area contributed by atoms with Gasteiger partial charge in [-0.05, 0) is 6.42 Å². The van der Waals surface area contributed by atoms with Gasteiger partial charge in [0.2, 0.25) is 0 Å². The van der Waals surface area contributed by atoms with Crippen LogP contribution in [0.2, 0.25) is 0 Å². The van der Waals surface area contributed by atoms with Gasteiger partial charge in [-0.1, -0.05) is 41.5 Å². The van der Waals surface area contributed by atoms with E-state index in [1.807, 2.05) is 6.07 Å². The fraction of sp³-hybridized carbons (Fsp3) is 0.0455. The number of fused-ring (bicyclic) bond motifs is 4. The van der Waals surface area contributed by atoms with Gasteiger partial charge in [0.15, 0.2) is 0 Å². The quantitative estimate of drug-likeness (QED) is 0.194. The molecule has 0 spiro atoms. The van der Waals surface area contributed by atoms with Crippen molar-refractivity contribution in [3.63, 3.8) is 0 Å². The van der Waals surface area contributed by atoms with Crippen molar-refractivity contribution in [2.75, 3.05) is 0 Å². The Morgan fingerprint density at radius 3 is 2.40 bits per heavy atom. The Balaban J connectivity index is 0.000000133. The Labute approximate surface area is 165 Å². The molecule has 0 saturated heterocycles. The van der Waals surface area contributed by atoms with Crippen LogP contribution in [0.15, 0.2) is 84.9 Å². The van der Waals surface area contributed by atoms with Crippen molar-refractivity contribution in [3.05, 3.63) is 102 Å². The molecule has 1 aliphatic carbocycles. The summed E-state index contributed by atoms with van der Waals surface area (Å²) in [4.78, 5) is 0. The molecule has 0 saturated carbocycles. The Kier molecular flexibility index (Phi) is 6.84. The molecular weight excluding hydrogens is 383 g/mol. The van der Waals surface area contributed by atoms with E-state index in [-0.39, 0.29) is 0 Å². The number of halogens is 2. The first kappa shape index (κ1) is 18.4. The minimum atomic E-state index is -0.556. The van der Waals surface area contributed by atoms with Gasteiger partial charge in [-0.2, -0.15) is 47.3 Å². The van der Waals surface area contributed by atoms with Crippen LogP contribution in [0.4, 0.5) is 0 Å². The maximum atomic E-state index is 4.89. The van der Waals surface area contributed by atoms with Crippen molar-refractivity contribution in [2.24, 2.45) is 0 Å². The maximum absolute atomic E-state index is 4.89. The molecular formula is C22H16Cl2Ti-2. The molecule has 0 amide bonds. The number of hydrogen-bond donors (Lipinski definition) is 0. The predicted octanol–water partition coefficient (Wildman–Crippen LogP) is 6.99. The first-order valence-electron chi connectivity index (χ1n) is 7.98. The number of benzene rings is 3. The summed E-state index contributed by atoms with van der Waals surface area (Å²) in [6, 6.07) is 32.8. The summed E-state index contributed by atoms with van der Waals surface area (Å²) < 4.78 is 0. The van der Waals surface area contributed by atoms with Gasteiger partial charge in [-0.15, -0.1) is 35.2 Å². The number of hydrogen-bond acceptors (Lipinski definition) is 0. The van der Waals surface area contributed by atoms with E-state index in [9.17, 15) is 0 Å². The molecule has 0 aliphatic heterocycles. The van der Waals surface area contributed by atoms with E-state index in [2.05, 4.69) is 84.9 Å². The van der Waals surface area contributed by atoms with E-state index >= 15 is 0 Å². The standard InChI is InChI=1S/C13H9.C9H7.2ClH.Ti/c1-3-7-12-10(5-1)9-11-6-2-4-8-13(11)12;1-2-5-9-7-3-6-8(9)4-1;;;/h1-5,7-8H,9H2;1-7H;2*1H;/q2*-1;;;+2/p-2. The summed E-state index contributed by atoms with van der Waals surface area (Å²) >= 11 is -0.556. The van der Waals surface area contributed by atoms with E-state index in [4.69, 9.17) is 18.6 Å². The van der Waals surface area contributed by atoms with E-state index in [1.165, 1.54) is 33.0 Å². The minimum Gasteiger partial charge on any atom is -0.179 e. The minimum absolute atomic E-state index is 0.556. The molecule has 0 radical (unpaired) electrons. The Morgan fingerprint density at radius 2 is 1.56 bits per heavy atom. The molecule has 4 aromatic rings. The fourth-order valence-corrected chi connectivity index (χ4v) is 3.07. The van der Waals surface area contributed by atoms with Gasteiger partial charge in [0, 0.05) is 0 Å². The van der Waals surface area contributed by atoms with Crippen LogP contribution in [0.25, 0.3) is 21.9 Å². The Bertz CT molecular complexity index is 870. The van der Waals surface area contributed by atoms with Crippen LogP contribution >= 0.6 is 18.6 Å². The van der Waals surface area contributed by atoms with Crippen molar-refractivity contribution in [3.8, 4) is 11.1 Å². The van der Waals surface area contributed by atoms with Crippen molar-refractivity contribution < 1.29 is 17.0 Å². The second-order valence-corrected chi connectivity index (χ2v) is 8.20. The van der Waals surface area contributed by atoms with Crippen molar-refractivity contribution >= 4 is 29.4 Å². The molecule has 0 bridgehead atoms. The molecule has 124 valence electrons. The van der Waals surface area contributed by atoms with E-state index in [0.717, 1.165) is 6.42 Å². The summed E-state index contributed by atoms with van der Waals surface area (Å²) in [5, 5.41) is 2.66. The Morgan fingerprint density at radius 1 is 0.840 bits per heavy atom. The van der Waals surface area contributed by atoms with Crippen molar-refractivity contribution in [2.45, 2.75) is 6.42 Å². The summed E-state index contributed by atoms with van der Waals surface area (Å²) in [7, 11) is 9.78. The zero-order valence-corrected chi connectivity index (χ0v) is 16.6. The average molecular weight is 399 g/mol. The van der Waals surface area contributed by atoms with Crippen LogP contribution in [0.3, 0.4) is 0 Å². The largest absolute Gasteiger partial charge is 0.179 e. The van der Waals surface area contributed by atoms with Crippen molar-refractivity contribution in [1.29, 1.82) is 0 Å². The smallest absolute Gasteiger partial charge is 0.0253 e. The second kappa shape index (κ2) is 9.31. The molecule has 25 heavy (non-hydrogen) atoms. The van der Waals surface area contributed by atoms with Gasteiger partial charge in [-0.25, -0.2) is 0 Å². The van der Waals surface area contributed by atoms with Gasteiger partial charge < -0.3 is 0 Å². The molecule has 3 heteroatoms. The zero-order chi connectivity index (χ0) is 17.5. The van der Waals surface area contributed by atoms with E-state index in [0.29, 0.717) is 0 Å². The molecule has 4 aromatic carbocycles. The van der Waals surface area contributed by atoms with Crippen LogP contribution < -0.4 is 0 Å². The van der Waals surface area contributed by atoms with Crippen LogP contribution in [0, 0.1) is 6.07 Å². The molecule has 0 aromatic heterocycles. The first-order chi connectivity index (χ1) is 12.3. The predicted molar refractivity (Wildman–Crippen MR) is 105 cm³/mol. The molecule has 0 unspecified atom stereocenters. The third-order valence-corrected chi connectivity index (χ3v) is 4.16. The summed E-state index contributed by atoms with van der Waals surface area (Å²) in [5.41, 5.74) is 5.51. The Hall–Kier alpha value is -1.44. The molecule has 1 aliphatic rings. The van der Waals surface area contributed by atoms with Gasteiger partial charge in [0.05, 0.1) is 0 Å². The van der Waals surface area contributed by atoms with Crippen molar-refractivity contribution in [1.82, 2.24) is 0 Å². The van der Waals surface area contributed by atoms with Crippen LogP contribution in [0.1, 0.15) is 11.1 Å². The molecule has 0 nitrogen and oxygen atoms in total. The zero-order valence-electron chi connectivity index (χ0n) is 13.5. The van der Waals surface area contributed by atoms with Gasteiger partial charge >= 0.3 is 35.6 Å². The summed E-state index contributed by atoms with van der Waals surface area (Å²) in [6.07, 6.45) is 1.05.